The summed E-state index contributed by atoms with van der Waals surface area (Å²) in [5.41, 5.74) is 5.43. The number of carbonyl (C=O) groups is 1. The van der Waals surface area contributed by atoms with Crippen LogP contribution in [0.15, 0.2) is 35.4 Å². The van der Waals surface area contributed by atoms with E-state index in [-0.39, 0.29) is 45.7 Å². The quantitative estimate of drug-likeness (QED) is 0.770. The fourth-order valence-electron chi connectivity index (χ4n) is 2.24. The molecule has 3 N–H and O–H groups in total. The first-order valence-electron chi connectivity index (χ1n) is 6.91. The first-order chi connectivity index (χ1) is 11.2. The third kappa shape index (κ3) is 4.76. The second-order valence-electron chi connectivity index (χ2n) is 5.07. The fraction of sp³-hybridized carbons (Fsp3) is 0.200. The monoisotopic (exact) mass is 423 g/mol. The predicted molar refractivity (Wildman–Crippen MR) is 99.3 cm³/mol. The number of sulfone groups is 1. The van der Waals surface area contributed by atoms with Crippen LogP contribution in [0.2, 0.25) is 10.0 Å². The molecule has 2 rings (SSSR count). The number of halogens is 3. The van der Waals surface area contributed by atoms with E-state index in [1.807, 2.05) is 0 Å². The molecule has 0 atom stereocenters. The van der Waals surface area contributed by atoms with Gasteiger partial charge in [0.25, 0.3) is 5.91 Å². The summed E-state index contributed by atoms with van der Waals surface area (Å²) >= 11 is 11.9. The molecule has 0 aliphatic rings. The van der Waals surface area contributed by atoms with Gasteiger partial charge in [-0.15, -0.1) is 12.4 Å². The van der Waals surface area contributed by atoms with Crippen molar-refractivity contribution < 1.29 is 13.2 Å². The maximum atomic E-state index is 12.3. The number of rotatable bonds is 5. The largest absolute Gasteiger partial charge is 0.365 e. The first kappa shape index (κ1) is 21.5. The molecule has 2 aromatic rings. The number of nitrogens with zero attached hydrogens (tertiary/aromatic N) is 1. The van der Waals surface area contributed by atoms with E-state index in [0.29, 0.717) is 10.6 Å². The minimum atomic E-state index is -3.47. The van der Waals surface area contributed by atoms with Crippen molar-refractivity contribution in [1.82, 2.24) is 4.57 Å². The van der Waals surface area contributed by atoms with E-state index in [1.165, 1.54) is 35.0 Å². The number of carbonyl (C=O) groups excluding carboxylic acids is 1. The summed E-state index contributed by atoms with van der Waals surface area (Å²) in [6, 6.07) is 5.73. The van der Waals surface area contributed by atoms with E-state index in [4.69, 9.17) is 34.3 Å². The van der Waals surface area contributed by atoms with Crippen LogP contribution in [0.1, 0.15) is 22.8 Å². The van der Waals surface area contributed by atoms with Crippen molar-refractivity contribution in [3.63, 3.8) is 0 Å². The number of benzene rings is 1. The Labute approximate surface area is 161 Å². The van der Waals surface area contributed by atoms with Gasteiger partial charge in [-0.2, -0.15) is 0 Å². The van der Waals surface area contributed by atoms with Crippen LogP contribution in [0.5, 0.6) is 0 Å². The molecule has 0 aliphatic carbocycles. The van der Waals surface area contributed by atoms with Crippen molar-refractivity contribution in [2.24, 2.45) is 5.73 Å². The van der Waals surface area contributed by atoms with E-state index in [2.05, 4.69) is 0 Å². The molecule has 0 spiro atoms. The number of nitrogens with one attached hydrogen (secondary N) is 1. The standard InChI is InChI=1S/C15H15Cl2N3O3S.ClH/c1-2-24(22,23)13-4-3-10(16)5-9(13)7-20-8-11(17)6-12(14(20)18)15(19)21;/h3-6,8,18H,2,7H2,1H3,(H2,19,21);1H. The van der Waals surface area contributed by atoms with Crippen LogP contribution in [0.3, 0.4) is 0 Å². The summed E-state index contributed by atoms with van der Waals surface area (Å²) in [6.07, 6.45) is 1.43. The fourth-order valence-corrected chi connectivity index (χ4v) is 3.77. The molecule has 0 saturated heterocycles. The second-order valence-corrected chi connectivity index (χ2v) is 8.19. The van der Waals surface area contributed by atoms with Crippen molar-refractivity contribution in [2.45, 2.75) is 18.4 Å². The lowest BCUT2D eigenvalue weighted by Crippen LogP contribution is -2.30. The number of hydrogen-bond donors (Lipinski definition) is 2. The third-order valence-electron chi connectivity index (χ3n) is 3.45. The molecule has 25 heavy (non-hydrogen) atoms. The van der Waals surface area contributed by atoms with Gasteiger partial charge < -0.3 is 10.3 Å². The molecule has 1 aromatic heterocycles. The van der Waals surface area contributed by atoms with Crippen molar-refractivity contribution in [3.8, 4) is 0 Å². The molecule has 0 aliphatic heterocycles. The Morgan fingerprint density at radius 2 is 1.88 bits per heavy atom. The van der Waals surface area contributed by atoms with E-state index in [0.717, 1.165) is 0 Å². The molecule has 1 aromatic carbocycles. The highest BCUT2D eigenvalue weighted by Crippen LogP contribution is 2.22. The predicted octanol–water partition coefficient (Wildman–Crippen LogP) is 2.64. The summed E-state index contributed by atoms with van der Waals surface area (Å²) in [4.78, 5) is 11.5. The molecule has 136 valence electrons. The maximum Gasteiger partial charge on any atom is 0.252 e. The van der Waals surface area contributed by atoms with Crippen molar-refractivity contribution in [1.29, 1.82) is 5.41 Å². The molecule has 0 fully saturated rings. The maximum absolute atomic E-state index is 12.3. The zero-order chi connectivity index (χ0) is 18.1. The molecule has 10 heteroatoms. The molecule has 0 radical (unpaired) electrons. The molecule has 0 saturated carbocycles. The van der Waals surface area contributed by atoms with Gasteiger partial charge in [-0.1, -0.05) is 30.1 Å². The van der Waals surface area contributed by atoms with Gasteiger partial charge in [-0.05, 0) is 29.8 Å². The highest BCUT2D eigenvalue weighted by Gasteiger charge is 2.18. The van der Waals surface area contributed by atoms with E-state index >= 15 is 0 Å². The Morgan fingerprint density at radius 1 is 1.24 bits per heavy atom. The number of aromatic nitrogens is 1. The lowest BCUT2D eigenvalue weighted by Gasteiger charge is -2.14. The lowest BCUT2D eigenvalue weighted by atomic mass is 10.2. The molecular weight excluding hydrogens is 409 g/mol. The van der Waals surface area contributed by atoms with Crippen LogP contribution in [-0.4, -0.2) is 24.6 Å². The van der Waals surface area contributed by atoms with Crippen molar-refractivity contribution in [2.75, 3.05) is 5.75 Å². The number of nitrogens with two attached hydrogens (primary N) is 1. The Balaban J connectivity index is 0.00000312. The van der Waals surface area contributed by atoms with Crippen molar-refractivity contribution >= 4 is 51.4 Å². The van der Waals surface area contributed by atoms with Crippen molar-refractivity contribution in [3.05, 3.63) is 57.1 Å². The van der Waals surface area contributed by atoms with Crippen LogP contribution in [-0.2, 0) is 16.4 Å². The average Bonchev–Trinajstić information content (AvgIpc) is 2.50. The minimum absolute atomic E-state index is 0. The van der Waals surface area contributed by atoms with Crippen LogP contribution < -0.4 is 11.2 Å². The second kappa shape index (κ2) is 8.23. The van der Waals surface area contributed by atoms with Crippen LogP contribution in [0.25, 0.3) is 0 Å². The summed E-state index contributed by atoms with van der Waals surface area (Å²) < 4.78 is 25.9. The Bertz CT molecular complexity index is 972. The van der Waals surface area contributed by atoms with Gasteiger partial charge in [-0.3, -0.25) is 10.2 Å². The number of hydrogen-bond acceptors (Lipinski definition) is 4. The third-order valence-corrected chi connectivity index (χ3v) is 5.72. The Kier molecular flexibility index (Phi) is 7.08. The topological polar surface area (TPSA) is 106 Å². The minimum Gasteiger partial charge on any atom is -0.365 e. The van der Waals surface area contributed by atoms with E-state index in [9.17, 15) is 13.2 Å². The summed E-state index contributed by atoms with van der Waals surface area (Å²) in [7, 11) is -3.47. The lowest BCUT2D eigenvalue weighted by molar-refractivity contribution is 0.0997. The molecule has 6 nitrogen and oxygen atoms in total. The summed E-state index contributed by atoms with van der Waals surface area (Å²) in [6.45, 7) is 1.55. The average molecular weight is 425 g/mol. The van der Waals surface area contributed by atoms with Gasteiger partial charge in [0.2, 0.25) is 0 Å². The zero-order valence-electron chi connectivity index (χ0n) is 13.1. The SMILES string of the molecule is CCS(=O)(=O)c1ccc(Cl)cc1Cn1cc(Cl)cc(C(N)=O)c1=N.Cl. The molecule has 1 amide bonds. The van der Waals surface area contributed by atoms with Gasteiger partial charge in [0.05, 0.1) is 27.8 Å². The molecule has 1 heterocycles. The highest BCUT2D eigenvalue weighted by atomic mass is 35.5. The summed E-state index contributed by atoms with van der Waals surface area (Å²) in [5, 5.41) is 8.64. The van der Waals surface area contributed by atoms with E-state index in [1.54, 1.807) is 6.92 Å². The highest BCUT2D eigenvalue weighted by molar-refractivity contribution is 7.91. The van der Waals surface area contributed by atoms with Gasteiger partial charge in [0.1, 0.15) is 5.49 Å². The van der Waals surface area contributed by atoms with Gasteiger partial charge in [0, 0.05) is 11.2 Å². The van der Waals surface area contributed by atoms with Gasteiger partial charge >= 0.3 is 0 Å². The van der Waals surface area contributed by atoms with Gasteiger partial charge in [0.15, 0.2) is 9.84 Å². The Morgan fingerprint density at radius 3 is 2.44 bits per heavy atom. The van der Waals surface area contributed by atoms with Crippen LogP contribution >= 0.6 is 35.6 Å². The summed E-state index contributed by atoms with van der Waals surface area (Å²) in [5.74, 6) is -0.856. The first-order valence-corrected chi connectivity index (χ1v) is 9.32. The molecular formula is C15H16Cl3N3O3S. The Hall–Kier alpha value is -1.54. The number of primary amides is 1. The van der Waals surface area contributed by atoms with Crippen LogP contribution in [0.4, 0.5) is 0 Å². The van der Waals surface area contributed by atoms with Gasteiger partial charge in [-0.25, -0.2) is 8.42 Å². The molecule has 0 bridgehead atoms. The van der Waals surface area contributed by atoms with Crippen LogP contribution in [0, 0.1) is 5.41 Å². The molecule has 0 unspecified atom stereocenters. The number of amides is 1. The van der Waals surface area contributed by atoms with E-state index < -0.39 is 15.7 Å². The normalized spacial score (nSPS) is 11.0. The zero-order valence-corrected chi connectivity index (χ0v) is 16.3. The smallest absolute Gasteiger partial charge is 0.252 e. The number of pyridine rings is 1.